The largest absolute Gasteiger partial charge is 0.372 e. The van der Waals surface area contributed by atoms with E-state index < -0.39 is 0 Å². The minimum Gasteiger partial charge on any atom is -0.372 e. The molecule has 1 unspecified atom stereocenters. The molecule has 0 aromatic carbocycles. The molecule has 1 atom stereocenters. The maximum Gasteiger partial charge on any atom is 0.102 e. The van der Waals surface area contributed by atoms with Gasteiger partial charge in [0.15, 0.2) is 0 Å². The Morgan fingerprint density at radius 3 is 2.50 bits per heavy atom. The standard InChI is InChI=1S/C14H21NO.C2H6/c1-2-16-14(12-8-4-3-5-9-12)13-10-6-7-11-15-13;1-2/h6-7,10-12,14H,2-5,8-9H2,1H3;1-2H3. The summed E-state index contributed by atoms with van der Waals surface area (Å²) in [6.07, 6.45) is 8.75. The summed E-state index contributed by atoms with van der Waals surface area (Å²) in [6.45, 7) is 6.84. The lowest BCUT2D eigenvalue weighted by Gasteiger charge is -2.29. The lowest BCUT2D eigenvalue weighted by molar-refractivity contribution is 0.00285. The second-order valence-electron chi connectivity index (χ2n) is 4.53. The maximum atomic E-state index is 5.90. The van der Waals surface area contributed by atoms with E-state index in [0.29, 0.717) is 5.92 Å². The Labute approximate surface area is 112 Å². The normalized spacial score (nSPS) is 17.7. The number of rotatable bonds is 4. The average Bonchev–Trinajstić information content (AvgIpc) is 2.49. The Kier molecular flexibility index (Phi) is 7.66. The minimum absolute atomic E-state index is 0.214. The van der Waals surface area contributed by atoms with E-state index in [4.69, 9.17) is 4.74 Å². The number of nitrogens with zero attached hydrogens (tertiary/aromatic N) is 1. The van der Waals surface area contributed by atoms with Gasteiger partial charge in [0, 0.05) is 12.8 Å². The van der Waals surface area contributed by atoms with Gasteiger partial charge in [0.2, 0.25) is 0 Å². The molecule has 1 heterocycles. The summed E-state index contributed by atoms with van der Waals surface area (Å²) in [5.41, 5.74) is 1.11. The second kappa shape index (κ2) is 9.09. The first-order valence-corrected chi connectivity index (χ1v) is 7.44. The monoisotopic (exact) mass is 249 g/mol. The molecule has 2 heteroatoms. The van der Waals surface area contributed by atoms with E-state index in [2.05, 4.69) is 24.0 Å². The zero-order chi connectivity index (χ0) is 13.2. The zero-order valence-electron chi connectivity index (χ0n) is 12.1. The average molecular weight is 249 g/mol. The molecular formula is C16H27NO. The lowest BCUT2D eigenvalue weighted by Crippen LogP contribution is -2.20. The van der Waals surface area contributed by atoms with Crippen LogP contribution in [-0.4, -0.2) is 11.6 Å². The first kappa shape index (κ1) is 15.2. The van der Waals surface area contributed by atoms with Crippen LogP contribution in [-0.2, 0) is 4.74 Å². The molecule has 0 spiro atoms. The maximum absolute atomic E-state index is 5.90. The van der Waals surface area contributed by atoms with Crippen molar-refractivity contribution >= 4 is 0 Å². The SMILES string of the molecule is CC.CCOC(c1ccccn1)C1CCCCC1. The van der Waals surface area contributed by atoms with Crippen molar-refractivity contribution in [1.82, 2.24) is 4.98 Å². The fourth-order valence-electron chi connectivity index (χ4n) is 2.62. The van der Waals surface area contributed by atoms with Gasteiger partial charge in [0.05, 0.1) is 5.69 Å². The molecule has 2 nitrogen and oxygen atoms in total. The minimum atomic E-state index is 0.214. The van der Waals surface area contributed by atoms with Crippen LogP contribution in [0.1, 0.15) is 64.7 Å². The Balaban J connectivity index is 0.000000771. The highest BCUT2D eigenvalue weighted by Crippen LogP contribution is 2.35. The highest BCUT2D eigenvalue weighted by atomic mass is 16.5. The van der Waals surface area contributed by atoms with Crippen molar-refractivity contribution in [3.8, 4) is 0 Å². The quantitative estimate of drug-likeness (QED) is 0.767. The molecule has 0 bridgehead atoms. The Morgan fingerprint density at radius 2 is 1.94 bits per heavy atom. The molecular weight excluding hydrogens is 222 g/mol. The first-order chi connectivity index (χ1) is 8.92. The molecule has 1 aromatic heterocycles. The fourth-order valence-corrected chi connectivity index (χ4v) is 2.62. The summed E-state index contributed by atoms with van der Waals surface area (Å²) in [7, 11) is 0. The number of hydrogen-bond donors (Lipinski definition) is 0. The van der Waals surface area contributed by atoms with Crippen LogP contribution in [0.5, 0.6) is 0 Å². The van der Waals surface area contributed by atoms with Crippen LogP contribution in [0.4, 0.5) is 0 Å². The van der Waals surface area contributed by atoms with Gasteiger partial charge in [-0.05, 0) is 37.8 Å². The molecule has 1 aromatic rings. The molecule has 1 aliphatic rings. The summed E-state index contributed by atoms with van der Waals surface area (Å²) in [6, 6.07) is 6.11. The van der Waals surface area contributed by atoms with Gasteiger partial charge in [-0.1, -0.05) is 39.2 Å². The van der Waals surface area contributed by atoms with E-state index in [1.54, 1.807) is 0 Å². The molecule has 0 radical (unpaired) electrons. The predicted octanol–water partition coefficient (Wildman–Crippen LogP) is 4.77. The Hall–Kier alpha value is -0.890. The van der Waals surface area contributed by atoms with Crippen LogP contribution in [0.2, 0.25) is 0 Å². The number of aromatic nitrogens is 1. The number of hydrogen-bond acceptors (Lipinski definition) is 2. The van der Waals surface area contributed by atoms with Crippen LogP contribution in [0, 0.1) is 5.92 Å². The smallest absolute Gasteiger partial charge is 0.102 e. The summed E-state index contributed by atoms with van der Waals surface area (Å²) in [5.74, 6) is 0.670. The predicted molar refractivity (Wildman–Crippen MR) is 76.5 cm³/mol. The van der Waals surface area contributed by atoms with Gasteiger partial charge in [0.1, 0.15) is 6.10 Å². The first-order valence-electron chi connectivity index (χ1n) is 7.44. The van der Waals surface area contributed by atoms with Gasteiger partial charge in [-0.3, -0.25) is 4.98 Å². The highest BCUT2D eigenvalue weighted by molar-refractivity contribution is 5.08. The molecule has 0 aliphatic heterocycles. The summed E-state index contributed by atoms with van der Waals surface area (Å²) < 4.78 is 5.90. The van der Waals surface area contributed by atoms with Crippen LogP contribution in [0.3, 0.4) is 0 Å². The second-order valence-corrected chi connectivity index (χ2v) is 4.53. The zero-order valence-corrected chi connectivity index (χ0v) is 12.1. The third-order valence-electron chi connectivity index (χ3n) is 3.40. The summed E-state index contributed by atoms with van der Waals surface area (Å²) in [4.78, 5) is 4.45. The molecule has 1 fully saturated rings. The van der Waals surface area contributed by atoms with Gasteiger partial charge < -0.3 is 4.74 Å². The Bertz CT molecular complexity index is 293. The van der Waals surface area contributed by atoms with Crippen LogP contribution in [0.15, 0.2) is 24.4 Å². The van der Waals surface area contributed by atoms with Gasteiger partial charge in [0.25, 0.3) is 0 Å². The van der Waals surface area contributed by atoms with E-state index in [0.717, 1.165) is 12.3 Å². The van der Waals surface area contributed by atoms with Gasteiger partial charge in [-0.2, -0.15) is 0 Å². The van der Waals surface area contributed by atoms with Crippen LogP contribution < -0.4 is 0 Å². The van der Waals surface area contributed by atoms with E-state index in [1.165, 1.54) is 32.1 Å². The van der Waals surface area contributed by atoms with Crippen molar-refractivity contribution in [3.63, 3.8) is 0 Å². The third kappa shape index (κ3) is 4.41. The van der Waals surface area contributed by atoms with Crippen LogP contribution >= 0.6 is 0 Å². The van der Waals surface area contributed by atoms with Gasteiger partial charge in [-0.25, -0.2) is 0 Å². The molecule has 1 saturated carbocycles. The van der Waals surface area contributed by atoms with Crippen molar-refractivity contribution in [2.45, 2.75) is 59.0 Å². The molecule has 102 valence electrons. The van der Waals surface area contributed by atoms with Gasteiger partial charge >= 0.3 is 0 Å². The van der Waals surface area contributed by atoms with E-state index in [-0.39, 0.29) is 6.10 Å². The van der Waals surface area contributed by atoms with E-state index in [9.17, 15) is 0 Å². The molecule has 0 saturated heterocycles. The van der Waals surface area contributed by atoms with Crippen molar-refractivity contribution in [3.05, 3.63) is 30.1 Å². The van der Waals surface area contributed by atoms with E-state index in [1.807, 2.05) is 26.1 Å². The number of pyridine rings is 1. The molecule has 18 heavy (non-hydrogen) atoms. The third-order valence-corrected chi connectivity index (χ3v) is 3.40. The molecule has 1 aliphatic carbocycles. The van der Waals surface area contributed by atoms with Crippen molar-refractivity contribution in [2.24, 2.45) is 5.92 Å². The summed E-state index contributed by atoms with van der Waals surface area (Å²) in [5, 5.41) is 0. The topological polar surface area (TPSA) is 22.1 Å². The molecule has 2 rings (SSSR count). The van der Waals surface area contributed by atoms with E-state index >= 15 is 0 Å². The lowest BCUT2D eigenvalue weighted by atomic mass is 9.84. The Morgan fingerprint density at radius 1 is 1.22 bits per heavy atom. The highest BCUT2D eigenvalue weighted by Gasteiger charge is 2.26. The van der Waals surface area contributed by atoms with Gasteiger partial charge in [-0.15, -0.1) is 0 Å². The number of ether oxygens (including phenoxy) is 1. The fraction of sp³-hybridized carbons (Fsp3) is 0.688. The summed E-state index contributed by atoms with van der Waals surface area (Å²) >= 11 is 0. The molecule has 0 N–H and O–H groups in total. The molecule has 0 amide bonds. The van der Waals surface area contributed by atoms with Crippen molar-refractivity contribution in [2.75, 3.05) is 6.61 Å². The van der Waals surface area contributed by atoms with Crippen LogP contribution in [0.25, 0.3) is 0 Å². The van der Waals surface area contributed by atoms with Crippen molar-refractivity contribution < 1.29 is 4.74 Å². The van der Waals surface area contributed by atoms with Crippen molar-refractivity contribution in [1.29, 1.82) is 0 Å².